The van der Waals surface area contributed by atoms with Crippen molar-refractivity contribution < 1.29 is 18.7 Å². The molecule has 27 heavy (non-hydrogen) atoms. The van der Waals surface area contributed by atoms with Crippen LogP contribution < -0.4 is 10.1 Å². The number of carbonyl (C=O) groups excluding carboxylic acids is 1. The Labute approximate surface area is 166 Å². The molecule has 0 bridgehead atoms. The molecule has 5 nitrogen and oxygen atoms in total. The maximum atomic E-state index is 14.1. The van der Waals surface area contributed by atoms with Crippen LogP contribution in [-0.2, 0) is 4.74 Å². The minimum absolute atomic E-state index is 0.0257. The maximum absolute atomic E-state index is 14.1. The number of hydrogen-bond acceptors (Lipinski definition) is 4. The number of nitrogens with zero attached hydrogens (tertiary/aromatic N) is 1. The van der Waals surface area contributed by atoms with Crippen molar-refractivity contribution in [1.29, 1.82) is 0 Å². The maximum Gasteiger partial charge on any atom is 0.254 e. The summed E-state index contributed by atoms with van der Waals surface area (Å²) in [7, 11) is 1.63. The van der Waals surface area contributed by atoms with Crippen LogP contribution in [0.4, 0.5) is 4.39 Å². The summed E-state index contributed by atoms with van der Waals surface area (Å²) in [6.45, 7) is 3.24. The summed E-state index contributed by atoms with van der Waals surface area (Å²) in [5.74, 6) is -0.193. The Bertz CT molecular complexity index is 779. The molecule has 0 aromatic heterocycles. The number of carbonyl (C=O) groups is 1. The standard InChI is InChI=1S/C20H22BrFN2O3/c1-26-16-5-2-14(3-6-16)19(24-8-10-27-11-9-24)13-23-20(25)17-7-4-15(21)12-18(17)22/h2-7,12,19H,8-11,13H2,1H3,(H,23,25). The Kier molecular flexibility index (Phi) is 6.82. The number of ether oxygens (including phenoxy) is 2. The van der Waals surface area contributed by atoms with Gasteiger partial charge in [-0.3, -0.25) is 9.69 Å². The van der Waals surface area contributed by atoms with Gasteiger partial charge in [-0.05, 0) is 35.9 Å². The van der Waals surface area contributed by atoms with Gasteiger partial charge in [-0.1, -0.05) is 28.1 Å². The number of halogens is 2. The molecule has 0 saturated carbocycles. The van der Waals surface area contributed by atoms with Crippen molar-refractivity contribution >= 4 is 21.8 Å². The van der Waals surface area contributed by atoms with Crippen LogP contribution in [-0.4, -0.2) is 50.8 Å². The van der Waals surface area contributed by atoms with Gasteiger partial charge in [-0.2, -0.15) is 0 Å². The van der Waals surface area contributed by atoms with Crippen molar-refractivity contribution in [3.05, 3.63) is 63.9 Å². The molecule has 1 N–H and O–H groups in total. The molecule has 0 radical (unpaired) electrons. The van der Waals surface area contributed by atoms with E-state index >= 15 is 0 Å². The quantitative estimate of drug-likeness (QED) is 0.753. The summed E-state index contributed by atoms with van der Waals surface area (Å²) in [4.78, 5) is 14.7. The van der Waals surface area contributed by atoms with E-state index in [9.17, 15) is 9.18 Å². The van der Waals surface area contributed by atoms with Crippen LogP contribution in [0.5, 0.6) is 5.75 Å². The van der Waals surface area contributed by atoms with Gasteiger partial charge in [0, 0.05) is 24.1 Å². The highest BCUT2D eigenvalue weighted by atomic mass is 79.9. The molecule has 3 rings (SSSR count). The predicted molar refractivity (Wildman–Crippen MR) is 105 cm³/mol. The average Bonchev–Trinajstić information content (AvgIpc) is 2.69. The summed E-state index contributed by atoms with van der Waals surface area (Å²) in [5.41, 5.74) is 1.10. The molecule has 1 aliphatic heterocycles. The van der Waals surface area contributed by atoms with Gasteiger partial charge in [0.2, 0.25) is 0 Å². The minimum Gasteiger partial charge on any atom is -0.497 e. The Morgan fingerprint density at radius 2 is 1.96 bits per heavy atom. The molecule has 1 amide bonds. The summed E-state index contributed by atoms with van der Waals surface area (Å²) in [6, 6.07) is 12.2. The normalized spacial score (nSPS) is 16.0. The van der Waals surface area contributed by atoms with Crippen LogP contribution in [0.3, 0.4) is 0 Å². The van der Waals surface area contributed by atoms with Crippen LogP contribution in [0.25, 0.3) is 0 Å². The smallest absolute Gasteiger partial charge is 0.254 e. The van der Waals surface area contributed by atoms with Crippen molar-refractivity contribution in [2.75, 3.05) is 40.0 Å². The lowest BCUT2D eigenvalue weighted by molar-refractivity contribution is 0.0162. The fourth-order valence-corrected chi connectivity index (χ4v) is 3.46. The summed E-state index contributed by atoms with van der Waals surface area (Å²) >= 11 is 3.20. The number of rotatable bonds is 6. The molecule has 1 fully saturated rings. The van der Waals surface area contributed by atoms with E-state index in [-0.39, 0.29) is 11.6 Å². The molecule has 144 valence electrons. The van der Waals surface area contributed by atoms with Gasteiger partial charge in [-0.15, -0.1) is 0 Å². The summed E-state index contributed by atoms with van der Waals surface area (Å²) < 4.78 is 25.3. The van der Waals surface area contributed by atoms with Gasteiger partial charge in [0.05, 0.1) is 31.9 Å². The highest BCUT2D eigenvalue weighted by Gasteiger charge is 2.24. The van der Waals surface area contributed by atoms with Crippen LogP contribution in [0.2, 0.25) is 0 Å². The van der Waals surface area contributed by atoms with E-state index in [1.807, 2.05) is 24.3 Å². The van der Waals surface area contributed by atoms with Gasteiger partial charge in [0.1, 0.15) is 11.6 Å². The Morgan fingerprint density at radius 3 is 2.59 bits per heavy atom. The molecule has 2 aromatic carbocycles. The van der Waals surface area contributed by atoms with Crippen molar-refractivity contribution in [3.8, 4) is 5.75 Å². The van der Waals surface area contributed by atoms with Crippen molar-refractivity contribution in [3.63, 3.8) is 0 Å². The molecule has 1 unspecified atom stereocenters. The predicted octanol–water partition coefficient (Wildman–Crippen LogP) is 3.40. The van der Waals surface area contributed by atoms with E-state index < -0.39 is 11.7 Å². The Hall–Kier alpha value is -1.96. The average molecular weight is 437 g/mol. The number of benzene rings is 2. The van der Waals surface area contributed by atoms with Crippen LogP contribution in [0.15, 0.2) is 46.9 Å². The Balaban J connectivity index is 1.75. The first-order valence-electron chi connectivity index (χ1n) is 8.77. The number of hydrogen-bond donors (Lipinski definition) is 1. The molecular weight excluding hydrogens is 415 g/mol. The first-order valence-corrected chi connectivity index (χ1v) is 9.57. The second kappa shape index (κ2) is 9.30. The van der Waals surface area contributed by atoms with Crippen molar-refractivity contribution in [1.82, 2.24) is 10.2 Å². The van der Waals surface area contributed by atoms with Gasteiger partial charge >= 0.3 is 0 Å². The molecule has 1 saturated heterocycles. The topological polar surface area (TPSA) is 50.8 Å². The molecule has 7 heteroatoms. The van der Waals surface area contributed by atoms with Crippen LogP contribution >= 0.6 is 15.9 Å². The summed E-state index contributed by atoms with van der Waals surface area (Å²) in [5, 5.41) is 2.88. The molecule has 1 aliphatic rings. The third-order valence-corrected chi connectivity index (χ3v) is 5.11. The van der Waals surface area contributed by atoms with Crippen LogP contribution in [0, 0.1) is 5.82 Å². The lowest BCUT2D eigenvalue weighted by Crippen LogP contribution is -2.43. The highest BCUT2D eigenvalue weighted by molar-refractivity contribution is 9.10. The zero-order valence-corrected chi connectivity index (χ0v) is 16.7. The third-order valence-electron chi connectivity index (χ3n) is 4.62. The molecular formula is C20H22BrFN2O3. The SMILES string of the molecule is COc1ccc(C(CNC(=O)c2ccc(Br)cc2F)N2CCOCC2)cc1. The second-order valence-corrected chi connectivity index (χ2v) is 7.19. The zero-order valence-electron chi connectivity index (χ0n) is 15.1. The number of morpholine rings is 1. The number of amides is 1. The van der Waals surface area contributed by atoms with Gasteiger partial charge < -0.3 is 14.8 Å². The van der Waals surface area contributed by atoms with Crippen LogP contribution in [0.1, 0.15) is 22.0 Å². The van der Waals surface area contributed by atoms with Crippen molar-refractivity contribution in [2.45, 2.75) is 6.04 Å². The second-order valence-electron chi connectivity index (χ2n) is 6.27. The molecule has 1 atom stereocenters. The fourth-order valence-electron chi connectivity index (χ4n) is 3.13. The lowest BCUT2D eigenvalue weighted by atomic mass is 10.0. The first-order chi connectivity index (χ1) is 13.1. The van der Waals surface area contributed by atoms with E-state index in [0.717, 1.165) is 24.4 Å². The van der Waals surface area contributed by atoms with E-state index in [1.165, 1.54) is 12.1 Å². The molecule has 1 heterocycles. The highest BCUT2D eigenvalue weighted by Crippen LogP contribution is 2.24. The zero-order chi connectivity index (χ0) is 19.2. The largest absolute Gasteiger partial charge is 0.497 e. The number of methoxy groups -OCH3 is 1. The molecule has 0 aliphatic carbocycles. The van der Waals surface area contributed by atoms with E-state index in [0.29, 0.717) is 24.2 Å². The minimum atomic E-state index is -0.547. The third kappa shape index (κ3) is 5.06. The fraction of sp³-hybridized carbons (Fsp3) is 0.350. The Morgan fingerprint density at radius 1 is 1.26 bits per heavy atom. The summed E-state index contributed by atoms with van der Waals surface area (Å²) in [6.07, 6.45) is 0. The first kappa shape index (κ1) is 19.8. The van der Waals surface area contributed by atoms with Crippen molar-refractivity contribution in [2.24, 2.45) is 0 Å². The monoisotopic (exact) mass is 436 g/mol. The van der Waals surface area contributed by atoms with Gasteiger partial charge in [-0.25, -0.2) is 4.39 Å². The van der Waals surface area contributed by atoms with E-state index in [2.05, 4.69) is 26.1 Å². The van der Waals surface area contributed by atoms with E-state index in [4.69, 9.17) is 9.47 Å². The van der Waals surface area contributed by atoms with E-state index in [1.54, 1.807) is 13.2 Å². The van der Waals surface area contributed by atoms with Gasteiger partial charge in [0.15, 0.2) is 0 Å². The van der Waals surface area contributed by atoms with Gasteiger partial charge in [0.25, 0.3) is 5.91 Å². The molecule has 0 spiro atoms. The number of nitrogens with one attached hydrogen (secondary N) is 1. The molecule has 2 aromatic rings. The lowest BCUT2D eigenvalue weighted by Gasteiger charge is -2.35.